The fourth-order valence-corrected chi connectivity index (χ4v) is 3.76. The average molecular weight is 414 g/mol. The predicted molar refractivity (Wildman–Crippen MR) is 104 cm³/mol. The van der Waals surface area contributed by atoms with E-state index in [1.165, 1.54) is 17.8 Å². The molecular formula is C18H14N4O4S2. The van der Waals surface area contributed by atoms with Crippen molar-refractivity contribution < 1.29 is 18.7 Å². The van der Waals surface area contributed by atoms with Crippen LogP contribution in [0.3, 0.4) is 0 Å². The zero-order valence-corrected chi connectivity index (χ0v) is 16.2. The molecule has 142 valence electrons. The molecule has 1 aromatic carbocycles. The van der Waals surface area contributed by atoms with Crippen LogP contribution in [0, 0.1) is 0 Å². The van der Waals surface area contributed by atoms with Crippen molar-refractivity contribution in [2.24, 2.45) is 0 Å². The number of furan rings is 1. The standard InChI is InChI=1S/C18H14N4O4S2/c1-2-14-21-22-18(26-14)27-13(16(23)24)9-10-7-8-15(25-10)28-17-19-11-5-3-4-6-12(11)20-17/h3-9H,2H2,1H3,(H,19,20)(H,23,24)/b13-9-. The molecule has 0 bridgehead atoms. The van der Waals surface area contributed by atoms with Gasteiger partial charge in [0.15, 0.2) is 10.2 Å². The molecule has 4 aromatic rings. The molecule has 0 aliphatic rings. The van der Waals surface area contributed by atoms with Gasteiger partial charge in [-0.2, -0.15) is 0 Å². The van der Waals surface area contributed by atoms with Gasteiger partial charge in [0.2, 0.25) is 5.89 Å². The molecule has 0 saturated heterocycles. The van der Waals surface area contributed by atoms with E-state index < -0.39 is 5.97 Å². The highest BCUT2D eigenvalue weighted by Crippen LogP contribution is 2.32. The normalized spacial score (nSPS) is 12.0. The summed E-state index contributed by atoms with van der Waals surface area (Å²) in [7, 11) is 0. The maximum Gasteiger partial charge on any atom is 0.342 e. The number of fused-ring (bicyclic) bond motifs is 1. The summed E-state index contributed by atoms with van der Waals surface area (Å²) in [5, 5.41) is 18.6. The Morgan fingerprint density at radius 3 is 2.82 bits per heavy atom. The lowest BCUT2D eigenvalue weighted by Gasteiger charge is -1.97. The molecule has 0 fully saturated rings. The third kappa shape index (κ3) is 4.12. The van der Waals surface area contributed by atoms with E-state index in [0.29, 0.717) is 28.3 Å². The summed E-state index contributed by atoms with van der Waals surface area (Å²) in [6, 6.07) is 11.2. The Morgan fingerprint density at radius 1 is 1.21 bits per heavy atom. The third-order valence-corrected chi connectivity index (χ3v) is 5.26. The first kappa shape index (κ1) is 18.4. The van der Waals surface area contributed by atoms with E-state index in [1.54, 1.807) is 12.1 Å². The van der Waals surface area contributed by atoms with Crippen molar-refractivity contribution in [3.05, 3.63) is 53.0 Å². The molecule has 0 unspecified atom stereocenters. The van der Waals surface area contributed by atoms with Crippen LogP contribution in [0.4, 0.5) is 0 Å². The first-order valence-electron chi connectivity index (χ1n) is 8.28. The lowest BCUT2D eigenvalue weighted by molar-refractivity contribution is -0.131. The highest BCUT2D eigenvalue weighted by molar-refractivity contribution is 8.03. The lowest BCUT2D eigenvalue weighted by atomic mass is 10.3. The van der Waals surface area contributed by atoms with Crippen LogP contribution in [0.15, 0.2) is 65.6 Å². The van der Waals surface area contributed by atoms with Crippen molar-refractivity contribution in [3.63, 3.8) is 0 Å². The Labute approximate surface area is 167 Å². The van der Waals surface area contributed by atoms with E-state index in [2.05, 4.69) is 20.2 Å². The number of carboxylic acid groups (broad SMARTS) is 1. The number of imidazole rings is 1. The van der Waals surface area contributed by atoms with Gasteiger partial charge in [-0.3, -0.25) is 0 Å². The number of aliphatic carboxylic acids is 1. The number of hydrogen-bond acceptors (Lipinski definition) is 8. The van der Waals surface area contributed by atoms with Gasteiger partial charge in [-0.15, -0.1) is 10.2 Å². The topological polar surface area (TPSA) is 118 Å². The number of nitrogens with zero attached hydrogens (tertiary/aromatic N) is 3. The molecule has 8 nitrogen and oxygen atoms in total. The summed E-state index contributed by atoms with van der Waals surface area (Å²) < 4.78 is 11.1. The number of carbonyl (C=O) groups is 1. The van der Waals surface area contributed by atoms with Crippen molar-refractivity contribution >= 4 is 46.6 Å². The second kappa shape index (κ2) is 7.95. The van der Waals surface area contributed by atoms with Gasteiger partial charge in [0.1, 0.15) is 10.7 Å². The van der Waals surface area contributed by atoms with Gasteiger partial charge in [0.05, 0.1) is 11.0 Å². The highest BCUT2D eigenvalue weighted by atomic mass is 32.2. The molecular weight excluding hydrogens is 400 g/mol. The Kier molecular flexibility index (Phi) is 5.22. The summed E-state index contributed by atoms with van der Waals surface area (Å²) in [6.45, 7) is 1.87. The first-order chi connectivity index (χ1) is 13.6. The molecule has 0 aliphatic heterocycles. The van der Waals surface area contributed by atoms with Crippen LogP contribution >= 0.6 is 23.5 Å². The molecule has 4 rings (SSSR count). The summed E-state index contributed by atoms with van der Waals surface area (Å²) in [5.41, 5.74) is 1.81. The summed E-state index contributed by atoms with van der Waals surface area (Å²) in [5.74, 6) is -0.252. The van der Waals surface area contributed by atoms with Crippen LogP contribution in [0.2, 0.25) is 0 Å². The minimum absolute atomic E-state index is 0.0148. The van der Waals surface area contributed by atoms with Crippen molar-refractivity contribution in [3.8, 4) is 0 Å². The van der Waals surface area contributed by atoms with Crippen molar-refractivity contribution in [1.29, 1.82) is 0 Å². The number of nitrogens with one attached hydrogen (secondary N) is 1. The van der Waals surface area contributed by atoms with Gasteiger partial charge in [0, 0.05) is 12.5 Å². The SMILES string of the molecule is CCc1nnc(S/C(=C\c2ccc(Sc3nc4ccccc4[nH]3)o2)C(=O)O)o1. The number of H-pyrrole nitrogens is 1. The molecule has 0 aliphatic carbocycles. The van der Waals surface area contributed by atoms with Crippen molar-refractivity contribution in [2.75, 3.05) is 0 Å². The Bertz CT molecular complexity index is 1130. The fourth-order valence-electron chi connectivity index (χ4n) is 2.32. The van der Waals surface area contributed by atoms with Crippen LogP contribution in [0.1, 0.15) is 18.6 Å². The smallest absolute Gasteiger partial charge is 0.342 e. The van der Waals surface area contributed by atoms with Crippen LogP contribution < -0.4 is 0 Å². The Balaban J connectivity index is 1.51. The molecule has 0 atom stereocenters. The first-order valence-corrected chi connectivity index (χ1v) is 9.91. The second-order valence-electron chi connectivity index (χ2n) is 5.55. The van der Waals surface area contributed by atoms with Crippen molar-refractivity contribution in [2.45, 2.75) is 28.8 Å². The largest absolute Gasteiger partial charge is 0.477 e. The van der Waals surface area contributed by atoms with E-state index in [-0.39, 0.29) is 10.1 Å². The number of carboxylic acids is 1. The number of para-hydroxylation sites is 2. The Hall–Kier alpha value is -2.98. The summed E-state index contributed by atoms with van der Waals surface area (Å²) in [6.07, 6.45) is 2.01. The number of aryl methyl sites for hydroxylation is 1. The molecule has 2 N–H and O–H groups in total. The highest BCUT2D eigenvalue weighted by Gasteiger charge is 2.16. The van der Waals surface area contributed by atoms with Crippen molar-refractivity contribution in [1.82, 2.24) is 20.2 Å². The molecule has 3 heterocycles. The van der Waals surface area contributed by atoms with Gasteiger partial charge in [-0.05, 0) is 47.8 Å². The number of thioether (sulfide) groups is 1. The number of aromatic amines is 1. The monoisotopic (exact) mass is 414 g/mol. The molecule has 0 saturated carbocycles. The summed E-state index contributed by atoms with van der Waals surface area (Å²) in [4.78, 5) is 19.2. The zero-order chi connectivity index (χ0) is 19.5. The molecule has 0 spiro atoms. The van der Waals surface area contributed by atoms with Crippen LogP contribution in [-0.2, 0) is 11.2 Å². The lowest BCUT2D eigenvalue weighted by Crippen LogP contribution is -1.96. The van der Waals surface area contributed by atoms with E-state index in [0.717, 1.165) is 22.8 Å². The number of rotatable bonds is 7. The maximum atomic E-state index is 11.5. The predicted octanol–water partition coefficient (Wildman–Crippen LogP) is 4.47. The third-order valence-electron chi connectivity index (χ3n) is 3.60. The summed E-state index contributed by atoms with van der Waals surface area (Å²) >= 11 is 2.20. The van der Waals surface area contributed by atoms with E-state index in [4.69, 9.17) is 8.83 Å². The molecule has 3 aromatic heterocycles. The van der Waals surface area contributed by atoms with Gasteiger partial charge in [-0.1, -0.05) is 19.1 Å². The van der Waals surface area contributed by atoms with Gasteiger partial charge >= 0.3 is 5.97 Å². The minimum atomic E-state index is -1.11. The molecule has 28 heavy (non-hydrogen) atoms. The van der Waals surface area contributed by atoms with Crippen LogP contribution in [-0.4, -0.2) is 31.2 Å². The second-order valence-corrected chi connectivity index (χ2v) is 7.54. The fraction of sp³-hybridized carbons (Fsp3) is 0.111. The van der Waals surface area contributed by atoms with E-state index in [1.807, 2.05) is 31.2 Å². The minimum Gasteiger partial charge on any atom is -0.477 e. The molecule has 10 heteroatoms. The molecule has 0 radical (unpaired) electrons. The number of benzene rings is 1. The zero-order valence-electron chi connectivity index (χ0n) is 14.6. The van der Waals surface area contributed by atoms with E-state index >= 15 is 0 Å². The quantitative estimate of drug-likeness (QED) is 0.333. The molecule has 0 amide bonds. The average Bonchev–Trinajstić information content (AvgIpc) is 3.40. The Morgan fingerprint density at radius 2 is 2.07 bits per heavy atom. The maximum absolute atomic E-state index is 11.5. The van der Waals surface area contributed by atoms with Gasteiger partial charge in [-0.25, -0.2) is 9.78 Å². The van der Waals surface area contributed by atoms with Crippen LogP contribution in [0.5, 0.6) is 0 Å². The van der Waals surface area contributed by atoms with Crippen LogP contribution in [0.25, 0.3) is 17.1 Å². The number of hydrogen-bond donors (Lipinski definition) is 2. The van der Waals surface area contributed by atoms with Gasteiger partial charge < -0.3 is 18.9 Å². The number of aromatic nitrogens is 4. The van der Waals surface area contributed by atoms with Gasteiger partial charge in [0.25, 0.3) is 5.22 Å². The van der Waals surface area contributed by atoms with E-state index in [9.17, 15) is 9.90 Å².